The van der Waals surface area contributed by atoms with E-state index < -0.39 is 0 Å². The molecule has 2 aliphatic rings. The van der Waals surface area contributed by atoms with E-state index in [0.717, 1.165) is 19.5 Å². The molecule has 0 saturated carbocycles. The van der Waals surface area contributed by atoms with Gasteiger partial charge in [0.2, 0.25) is 0 Å². The molecular formula is C14H26BNO2. The zero-order chi connectivity index (χ0) is 13.4. The van der Waals surface area contributed by atoms with Crippen molar-refractivity contribution in [3.8, 4) is 0 Å². The van der Waals surface area contributed by atoms with E-state index in [9.17, 15) is 0 Å². The average molecular weight is 251 g/mol. The van der Waals surface area contributed by atoms with Crippen LogP contribution in [0.5, 0.6) is 0 Å². The largest absolute Gasteiger partial charge is 0.490 e. The SMILES string of the molecule is CCCN1CC=C(B2OC(C)(C)C(C)(C)O2)CC1. The molecule has 0 aliphatic carbocycles. The Kier molecular flexibility index (Phi) is 3.91. The van der Waals surface area contributed by atoms with Crippen molar-refractivity contribution in [1.29, 1.82) is 0 Å². The summed E-state index contributed by atoms with van der Waals surface area (Å²) in [6.07, 6.45) is 4.58. The van der Waals surface area contributed by atoms with Crippen molar-refractivity contribution in [2.24, 2.45) is 0 Å². The van der Waals surface area contributed by atoms with E-state index in [0.29, 0.717) is 0 Å². The molecule has 102 valence electrons. The van der Waals surface area contributed by atoms with Gasteiger partial charge in [0.1, 0.15) is 0 Å². The molecule has 0 amide bonds. The number of rotatable bonds is 3. The van der Waals surface area contributed by atoms with Crippen molar-refractivity contribution in [3.63, 3.8) is 0 Å². The minimum Gasteiger partial charge on any atom is -0.400 e. The maximum absolute atomic E-state index is 6.09. The third kappa shape index (κ3) is 2.66. The number of hydrogen-bond donors (Lipinski definition) is 0. The lowest BCUT2D eigenvalue weighted by molar-refractivity contribution is 0.00578. The van der Waals surface area contributed by atoms with Crippen LogP contribution < -0.4 is 0 Å². The smallest absolute Gasteiger partial charge is 0.400 e. The van der Waals surface area contributed by atoms with Gasteiger partial charge in [0.15, 0.2) is 0 Å². The van der Waals surface area contributed by atoms with Crippen LogP contribution in [0.25, 0.3) is 0 Å². The van der Waals surface area contributed by atoms with E-state index in [1.807, 2.05) is 0 Å². The van der Waals surface area contributed by atoms with Gasteiger partial charge in [0, 0.05) is 13.1 Å². The fourth-order valence-electron chi connectivity index (χ4n) is 2.45. The van der Waals surface area contributed by atoms with E-state index in [1.165, 1.54) is 18.4 Å². The fourth-order valence-corrected chi connectivity index (χ4v) is 2.45. The molecule has 4 heteroatoms. The molecule has 1 saturated heterocycles. The molecule has 3 nitrogen and oxygen atoms in total. The van der Waals surface area contributed by atoms with Crippen LogP contribution in [0.15, 0.2) is 11.5 Å². The Morgan fingerprint density at radius 3 is 2.28 bits per heavy atom. The van der Waals surface area contributed by atoms with Crippen LogP contribution >= 0.6 is 0 Å². The lowest BCUT2D eigenvalue weighted by atomic mass is 9.75. The van der Waals surface area contributed by atoms with Gasteiger partial charge >= 0.3 is 7.12 Å². The second-order valence-corrected chi connectivity index (χ2v) is 6.42. The summed E-state index contributed by atoms with van der Waals surface area (Å²) in [4.78, 5) is 2.48. The molecule has 0 bridgehead atoms. The summed E-state index contributed by atoms with van der Waals surface area (Å²) in [5.41, 5.74) is 0.874. The van der Waals surface area contributed by atoms with E-state index in [-0.39, 0.29) is 18.3 Å². The summed E-state index contributed by atoms with van der Waals surface area (Å²) in [7, 11) is -0.140. The Morgan fingerprint density at radius 1 is 1.22 bits per heavy atom. The van der Waals surface area contributed by atoms with Crippen molar-refractivity contribution in [3.05, 3.63) is 11.5 Å². The Balaban J connectivity index is 1.99. The van der Waals surface area contributed by atoms with Crippen LogP contribution in [-0.2, 0) is 9.31 Å². The monoisotopic (exact) mass is 251 g/mol. The highest BCUT2D eigenvalue weighted by Gasteiger charge is 2.52. The maximum Gasteiger partial charge on any atom is 0.490 e. The lowest BCUT2D eigenvalue weighted by Gasteiger charge is -2.32. The molecule has 0 N–H and O–H groups in total. The Hall–Kier alpha value is -0.315. The van der Waals surface area contributed by atoms with Gasteiger partial charge in [-0.3, -0.25) is 4.90 Å². The molecule has 0 aromatic carbocycles. The van der Waals surface area contributed by atoms with E-state index in [2.05, 4.69) is 45.6 Å². The first kappa shape index (κ1) is 14.1. The second kappa shape index (κ2) is 4.99. The lowest BCUT2D eigenvalue weighted by Crippen LogP contribution is -2.41. The Labute approximate surface area is 112 Å². The predicted molar refractivity (Wildman–Crippen MR) is 75.5 cm³/mol. The molecule has 18 heavy (non-hydrogen) atoms. The van der Waals surface area contributed by atoms with E-state index in [1.54, 1.807) is 0 Å². The highest BCUT2D eigenvalue weighted by Crippen LogP contribution is 2.39. The molecule has 0 aromatic heterocycles. The van der Waals surface area contributed by atoms with Gasteiger partial charge in [-0.05, 0) is 52.6 Å². The van der Waals surface area contributed by atoms with E-state index in [4.69, 9.17) is 9.31 Å². The summed E-state index contributed by atoms with van der Waals surface area (Å²) in [6.45, 7) is 14.0. The van der Waals surface area contributed by atoms with Crippen LogP contribution in [0, 0.1) is 0 Å². The molecule has 2 rings (SSSR count). The topological polar surface area (TPSA) is 21.7 Å². The summed E-state index contributed by atoms with van der Waals surface area (Å²) in [5.74, 6) is 0. The van der Waals surface area contributed by atoms with Crippen molar-refractivity contribution < 1.29 is 9.31 Å². The average Bonchev–Trinajstić information content (AvgIpc) is 2.50. The molecule has 2 heterocycles. The Bertz CT molecular complexity index is 323. The fraction of sp³-hybridized carbons (Fsp3) is 0.857. The van der Waals surface area contributed by atoms with Crippen molar-refractivity contribution in [2.75, 3.05) is 19.6 Å². The Morgan fingerprint density at radius 2 is 1.83 bits per heavy atom. The minimum atomic E-state index is -0.223. The molecule has 0 spiro atoms. The van der Waals surface area contributed by atoms with Crippen molar-refractivity contribution in [1.82, 2.24) is 4.90 Å². The number of nitrogens with zero attached hydrogens (tertiary/aromatic N) is 1. The molecule has 0 radical (unpaired) electrons. The highest BCUT2D eigenvalue weighted by molar-refractivity contribution is 6.54. The van der Waals surface area contributed by atoms with Gasteiger partial charge in [-0.25, -0.2) is 0 Å². The summed E-state index contributed by atoms with van der Waals surface area (Å²) in [6, 6.07) is 0. The first-order chi connectivity index (χ1) is 8.36. The minimum absolute atomic E-state index is 0.140. The van der Waals surface area contributed by atoms with Gasteiger partial charge < -0.3 is 9.31 Å². The standard InChI is InChI=1S/C14H26BNO2/c1-6-9-16-10-7-12(8-11-16)15-17-13(2,3)14(4,5)18-15/h7H,6,8-11H2,1-5H3. The van der Waals surface area contributed by atoms with Gasteiger partial charge in [-0.2, -0.15) is 0 Å². The van der Waals surface area contributed by atoms with Gasteiger partial charge in [-0.15, -0.1) is 0 Å². The van der Waals surface area contributed by atoms with Crippen LogP contribution in [0.4, 0.5) is 0 Å². The molecule has 2 aliphatic heterocycles. The van der Waals surface area contributed by atoms with Gasteiger partial charge in [0.25, 0.3) is 0 Å². The van der Waals surface area contributed by atoms with Crippen molar-refractivity contribution >= 4 is 7.12 Å². The normalized spacial score (nSPS) is 27.4. The molecule has 1 fully saturated rings. The first-order valence-corrected chi connectivity index (χ1v) is 7.12. The molecular weight excluding hydrogens is 225 g/mol. The van der Waals surface area contributed by atoms with Crippen LogP contribution in [0.1, 0.15) is 47.5 Å². The number of hydrogen-bond acceptors (Lipinski definition) is 3. The van der Waals surface area contributed by atoms with Crippen LogP contribution in [0.3, 0.4) is 0 Å². The maximum atomic E-state index is 6.09. The van der Waals surface area contributed by atoms with Gasteiger partial charge in [0.05, 0.1) is 11.2 Å². The van der Waals surface area contributed by atoms with Gasteiger partial charge in [-0.1, -0.05) is 13.0 Å². The summed E-state index contributed by atoms with van der Waals surface area (Å²) < 4.78 is 12.2. The van der Waals surface area contributed by atoms with Crippen LogP contribution in [-0.4, -0.2) is 42.9 Å². The third-order valence-corrected chi connectivity index (χ3v) is 4.42. The summed E-state index contributed by atoms with van der Waals surface area (Å²) >= 11 is 0. The molecule has 0 atom stereocenters. The first-order valence-electron chi connectivity index (χ1n) is 7.12. The quantitative estimate of drug-likeness (QED) is 0.720. The zero-order valence-corrected chi connectivity index (χ0v) is 12.5. The summed E-state index contributed by atoms with van der Waals surface area (Å²) in [5, 5.41) is 0. The highest BCUT2D eigenvalue weighted by atomic mass is 16.7. The third-order valence-electron chi connectivity index (χ3n) is 4.42. The molecule has 0 unspecified atom stereocenters. The van der Waals surface area contributed by atoms with Crippen molar-refractivity contribution in [2.45, 2.75) is 58.7 Å². The van der Waals surface area contributed by atoms with Crippen LogP contribution in [0.2, 0.25) is 0 Å². The zero-order valence-electron chi connectivity index (χ0n) is 12.5. The van der Waals surface area contributed by atoms with E-state index >= 15 is 0 Å². The second-order valence-electron chi connectivity index (χ2n) is 6.42. The predicted octanol–water partition coefficient (Wildman–Crippen LogP) is 2.66. The molecule has 0 aromatic rings.